The van der Waals surface area contributed by atoms with Gasteiger partial charge in [0.2, 0.25) is 5.28 Å². The summed E-state index contributed by atoms with van der Waals surface area (Å²) in [6.07, 6.45) is 4.42. The van der Waals surface area contributed by atoms with Crippen LogP contribution in [0.15, 0.2) is 36.5 Å². The standard InChI is InChI=1S/C16H17ClN2O2/c1-3-4-11(2)13-7-5-12(6-8-13)10-21-15-14(20)9-18-16(17)19-15/h4-9,20H,3,10H2,1-2H3/b11-4-. The maximum Gasteiger partial charge on any atom is 0.261 e. The van der Waals surface area contributed by atoms with Crippen molar-refractivity contribution in [2.24, 2.45) is 0 Å². The molecule has 1 N–H and O–H groups in total. The van der Waals surface area contributed by atoms with Gasteiger partial charge in [-0.3, -0.25) is 0 Å². The molecule has 0 unspecified atom stereocenters. The number of hydrogen-bond donors (Lipinski definition) is 1. The number of aromatic hydroxyl groups is 1. The van der Waals surface area contributed by atoms with Gasteiger partial charge in [-0.25, -0.2) is 4.98 Å². The number of benzene rings is 1. The van der Waals surface area contributed by atoms with Gasteiger partial charge in [-0.1, -0.05) is 37.3 Å². The molecule has 1 aromatic heterocycles. The van der Waals surface area contributed by atoms with E-state index >= 15 is 0 Å². The molecule has 0 fully saturated rings. The highest BCUT2D eigenvalue weighted by molar-refractivity contribution is 6.28. The van der Waals surface area contributed by atoms with Crippen LogP contribution < -0.4 is 4.74 Å². The van der Waals surface area contributed by atoms with Crippen molar-refractivity contribution >= 4 is 17.2 Å². The Morgan fingerprint density at radius 2 is 2.05 bits per heavy atom. The van der Waals surface area contributed by atoms with Gasteiger partial charge in [0, 0.05) is 0 Å². The van der Waals surface area contributed by atoms with E-state index in [4.69, 9.17) is 16.3 Å². The monoisotopic (exact) mass is 304 g/mol. The van der Waals surface area contributed by atoms with E-state index in [1.165, 1.54) is 17.3 Å². The Morgan fingerprint density at radius 1 is 1.33 bits per heavy atom. The van der Waals surface area contributed by atoms with Crippen LogP contribution in [-0.4, -0.2) is 15.1 Å². The second-order valence-electron chi connectivity index (χ2n) is 4.61. The van der Waals surface area contributed by atoms with Gasteiger partial charge in [0.1, 0.15) is 6.61 Å². The molecule has 0 bridgehead atoms. The van der Waals surface area contributed by atoms with Crippen molar-refractivity contribution in [3.63, 3.8) is 0 Å². The zero-order valence-corrected chi connectivity index (χ0v) is 12.8. The first kappa shape index (κ1) is 15.3. The van der Waals surface area contributed by atoms with Crippen LogP contribution in [0.4, 0.5) is 0 Å². The van der Waals surface area contributed by atoms with E-state index in [1.807, 2.05) is 24.3 Å². The molecule has 21 heavy (non-hydrogen) atoms. The summed E-state index contributed by atoms with van der Waals surface area (Å²) < 4.78 is 5.45. The molecule has 5 heteroatoms. The van der Waals surface area contributed by atoms with Crippen LogP contribution in [0.2, 0.25) is 5.28 Å². The first-order valence-electron chi connectivity index (χ1n) is 6.70. The number of aromatic nitrogens is 2. The molecule has 2 rings (SSSR count). The fraction of sp³-hybridized carbons (Fsp3) is 0.250. The third-order valence-electron chi connectivity index (χ3n) is 3.00. The van der Waals surface area contributed by atoms with E-state index in [9.17, 15) is 5.11 Å². The van der Waals surface area contributed by atoms with Crippen LogP contribution in [0.5, 0.6) is 11.6 Å². The SMILES string of the molecule is CC/C=C(/C)c1ccc(COc2nc(Cl)ncc2O)cc1. The Kier molecular flexibility index (Phi) is 5.17. The Balaban J connectivity index is 2.04. The van der Waals surface area contributed by atoms with Crippen LogP contribution in [-0.2, 0) is 6.61 Å². The topological polar surface area (TPSA) is 55.2 Å². The maximum atomic E-state index is 9.57. The molecule has 0 radical (unpaired) electrons. The number of halogens is 1. The molecular formula is C16H17ClN2O2. The summed E-state index contributed by atoms with van der Waals surface area (Å²) in [4.78, 5) is 7.49. The van der Waals surface area contributed by atoms with Gasteiger partial charge in [0.25, 0.3) is 5.88 Å². The third kappa shape index (κ3) is 4.20. The van der Waals surface area contributed by atoms with Crippen LogP contribution in [0.1, 0.15) is 31.4 Å². The Hall–Kier alpha value is -2.07. The molecule has 0 amide bonds. The van der Waals surface area contributed by atoms with Gasteiger partial charge in [-0.05, 0) is 41.6 Å². The molecular weight excluding hydrogens is 288 g/mol. The van der Waals surface area contributed by atoms with E-state index in [1.54, 1.807) is 0 Å². The second kappa shape index (κ2) is 7.09. The lowest BCUT2D eigenvalue weighted by Gasteiger charge is -2.08. The predicted molar refractivity (Wildman–Crippen MR) is 83.4 cm³/mol. The van der Waals surface area contributed by atoms with Gasteiger partial charge < -0.3 is 9.84 Å². The Bertz CT molecular complexity index is 639. The van der Waals surface area contributed by atoms with Gasteiger partial charge in [-0.2, -0.15) is 4.98 Å². The first-order valence-corrected chi connectivity index (χ1v) is 7.08. The smallest absolute Gasteiger partial charge is 0.261 e. The number of nitrogens with zero attached hydrogens (tertiary/aromatic N) is 2. The minimum Gasteiger partial charge on any atom is -0.502 e. The maximum absolute atomic E-state index is 9.57. The quantitative estimate of drug-likeness (QED) is 0.840. The summed E-state index contributed by atoms with van der Waals surface area (Å²) in [7, 11) is 0. The fourth-order valence-electron chi connectivity index (χ4n) is 1.89. The van der Waals surface area contributed by atoms with Gasteiger partial charge in [0.05, 0.1) is 6.20 Å². The number of hydrogen-bond acceptors (Lipinski definition) is 4. The van der Waals surface area contributed by atoms with E-state index in [0.29, 0.717) is 6.61 Å². The summed E-state index contributed by atoms with van der Waals surface area (Å²) in [5.41, 5.74) is 3.43. The molecule has 110 valence electrons. The van der Waals surface area contributed by atoms with Gasteiger partial charge in [0.15, 0.2) is 5.75 Å². The minimum atomic E-state index is -0.127. The number of ether oxygens (including phenoxy) is 1. The summed E-state index contributed by atoms with van der Waals surface area (Å²) in [6, 6.07) is 8.07. The first-order chi connectivity index (χ1) is 10.1. The van der Waals surface area contributed by atoms with Crippen molar-refractivity contribution in [2.75, 3.05) is 0 Å². The zero-order chi connectivity index (χ0) is 15.2. The third-order valence-corrected chi connectivity index (χ3v) is 3.18. The molecule has 0 aliphatic heterocycles. The van der Waals surface area contributed by atoms with Crippen molar-refractivity contribution in [1.29, 1.82) is 0 Å². The molecule has 2 aromatic rings. The highest BCUT2D eigenvalue weighted by Gasteiger charge is 2.06. The lowest BCUT2D eigenvalue weighted by molar-refractivity contribution is 0.275. The molecule has 0 aliphatic carbocycles. The molecule has 0 saturated carbocycles. The van der Waals surface area contributed by atoms with Crippen LogP contribution in [0.3, 0.4) is 0 Å². The summed E-state index contributed by atoms with van der Waals surface area (Å²) >= 11 is 5.66. The Labute approximate surface area is 129 Å². The van der Waals surface area contributed by atoms with E-state index in [0.717, 1.165) is 12.0 Å². The zero-order valence-electron chi connectivity index (χ0n) is 12.0. The van der Waals surface area contributed by atoms with Gasteiger partial charge in [-0.15, -0.1) is 0 Å². The minimum absolute atomic E-state index is 0.0403. The predicted octanol–water partition coefficient (Wildman–Crippen LogP) is 4.23. The molecule has 1 aromatic carbocycles. The van der Waals surface area contributed by atoms with Crippen molar-refractivity contribution in [3.8, 4) is 11.6 Å². The van der Waals surface area contributed by atoms with Crippen molar-refractivity contribution in [1.82, 2.24) is 9.97 Å². The molecule has 0 atom stereocenters. The molecule has 1 heterocycles. The summed E-state index contributed by atoms with van der Waals surface area (Å²) in [6.45, 7) is 4.51. The van der Waals surface area contributed by atoms with E-state index in [-0.39, 0.29) is 16.9 Å². The summed E-state index contributed by atoms with van der Waals surface area (Å²) in [5, 5.41) is 9.61. The Morgan fingerprint density at radius 3 is 2.71 bits per heavy atom. The molecule has 0 aliphatic rings. The lowest BCUT2D eigenvalue weighted by atomic mass is 10.0. The molecule has 0 spiro atoms. The van der Waals surface area contributed by atoms with E-state index < -0.39 is 0 Å². The van der Waals surface area contributed by atoms with Crippen molar-refractivity contribution in [2.45, 2.75) is 26.9 Å². The van der Waals surface area contributed by atoms with E-state index in [2.05, 4.69) is 29.9 Å². The normalized spacial score (nSPS) is 11.5. The highest BCUT2D eigenvalue weighted by Crippen LogP contribution is 2.24. The molecule has 0 saturated heterocycles. The fourth-order valence-corrected chi connectivity index (χ4v) is 2.01. The molecule has 4 nitrogen and oxygen atoms in total. The lowest BCUT2D eigenvalue weighted by Crippen LogP contribution is -1.98. The highest BCUT2D eigenvalue weighted by atomic mass is 35.5. The van der Waals surface area contributed by atoms with Crippen LogP contribution >= 0.6 is 11.6 Å². The average Bonchev–Trinajstić information content (AvgIpc) is 2.49. The average molecular weight is 305 g/mol. The largest absolute Gasteiger partial charge is 0.502 e. The van der Waals surface area contributed by atoms with Gasteiger partial charge >= 0.3 is 0 Å². The summed E-state index contributed by atoms with van der Waals surface area (Å²) in [5.74, 6) is -0.0427. The van der Waals surface area contributed by atoms with Crippen LogP contribution in [0.25, 0.3) is 5.57 Å². The number of rotatable bonds is 5. The second-order valence-corrected chi connectivity index (χ2v) is 4.95. The van der Waals surface area contributed by atoms with Crippen molar-refractivity contribution < 1.29 is 9.84 Å². The van der Waals surface area contributed by atoms with Crippen LogP contribution in [0, 0.1) is 0 Å². The number of allylic oxidation sites excluding steroid dienone is 2. The van der Waals surface area contributed by atoms with Crippen molar-refractivity contribution in [3.05, 3.63) is 52.9 Å².